The van der Waals surface area contributed by atoms with E-state index in [0.717, 1.165) is 11.3 Å². The molecule has 2 heterocycles. The van der Waals surface area contributed by atoms with Crippen molar-refractivity contribution in [2.24, 2.45) is 0 Å². The molecule has 8 nitrogen and oxygen atoms in total. The van der Waals surface area contributed by atoms with Gasteiger partial charge in [-0.3, -0.25) is 9.89 Å². The fourth-order valence-corrected chi connectivity index (χ4v) is 3.01. The Labute approximate surface area is 164 Å². The topological polar surface area (TPSA) is 87.8 Å². The summed E-state index contributed by atoms with van der Waals surface area (Å²) >= 11 is 0. The van der Waals surface area contributed by atoms with Crippen LogP contribution in [0.25, 0.3) is 11.3 Å². The number of carbonyl (C=O) groups is 2. The molecule has 8 heteroatoms. The summed E-state index contributed by atoms with van der Waals surface area (Å²) < 4.78 is 10.6. The van der Waals surface area contributed by atoms with Gasteiger partial charge in [-0.2, -0.15) is 5.10 Å². The van der Waals surface area contributed by atoms with Crippen LogP contribution < -0.4 is 4.74 Å². The largest absolute Gasteiger partial charge is 0.497 e. The van der Waals surface area contributed by atoms with Crippen molar-refractivity contribution in [3.8, 4) is 17.0 Å². The molecule has 3 rings (SSSR count). The van der Waals surface area contributed by atoms with Gasteiger partial charge in [-0.05, 0) is 45.0 Å². The van der Waals surface area contributed by atoms with Crippen molar-refractivity contribution >= 4 is 12.0 Å². The Hall–Kier alpha value is -3.03. The van der Waals surface area contributed by atoms with E-state index in [4.69, 9.17) is 9.47 Å². The molecule has 0 radical (unpaired) electrons. The Morgan fingerprint density at radius 2 is 1.64 bits per heavy atom. The van der Waals surface area contributed by atoms with Gasteiger partial charge in [0.1, 0.15) is 11.4 Å². The van der Waals surface area contributed by atoms with Gasteiger partial charge >= 0.3 is 6.09 Å². The molecular formula is C20H26N4O4. The second-order valence-electron chi connectivity index (χ2n) is 7.65. The third-order valence-corrected chi connectivity index (χ3v) is 4.47. The standard InChI is InChI=1S/C20H26N4O4/c1-20(2,3)28-19(26)24-11-9-23(10-12-24)18(25)16-13-21-22-17(16)14-5-7-15(27-4)8-6-14/h5-8,13H,9-12H2,1-4H3,(H,21,22). The molecule has 150 valence electrons. The summed E-state index contributed by atoms with van der Waals surface area (Å²) in [7, 11) is 1.61. The van der Waals surface area contributed by atoms with Gasteiger partial charge in [-0.25, -0.2) is 4.79 Å². The molecule has 1 saturated heterocycles. The molecule has 0 saturated carbocycles. The van der Waals surface area contributed by atoms with Crippen LogP contribution >= 0.6 is 0 Å². The van der Waals surface area contributed by atoms with E-state index in [1.807, 2.05) is 45.0 Å². The number of methoxy groups -OCH3 is 1. The Balaban J connectivity index is 1.66. The minimum atomic E-state index is -0.534. The lowest BCUT2D eigenvalue weighted by Gasteiger charge is -2.35. The summed E-state index contributed by atoms with van der Waals surface area (Å²) in [6.45, 7) is 7.29. The normalized spacial score (nSPS) is 14.7. The number of aromatic nitrogens is 2. The van der Waals surface area contributed by atoms with Crippen molar-refractivity contribution in [1.82, 2.24) is 20.0 Å². The lowest BCUT2D eigenvalue weighted by molar-refractivity contribution is 0.0141. The lowest BCUT2D eigenvalue weighted by atomic mass is 10.1. The van der Waals surface area contributed by atoms with Gasteiger partial charge in [0.2, 0.25) is 0 Å². The molecule has 0 atom stereocenters. The molecule has 28 heavy (non-hydrogen) atoms. The molecular weight excluding hydrogens is 360 g/mol. The van der Waals surface area contributed by atoms with Crippen molar-refractivity contribution in [3.05, 3.63) is 36.0 Å². The summed E-state index contributed by atoms with van der Waals surface area (Å²) in [4.78, 5) is 28.5. The number of hydrogen-bond acceptors (Lipinski definition) is 5. The van der Waals surface area contributed by atoms with Crippen LogP contribution in [0, 0.1) is 0 Å². The monoisotopic (exact) mass is 386 g/mol. The predicted octanol–water partition coefficient (Wildman–Crippen LogP) is 2.78. The van der Waals surface area contributed by atoms with Crippen molar-refractivity contribution < 1.29 is 19.1 Å². The average Bonchev–Trinajstić information content (AvgIpc) is 3.16. The van der Waals surface area contributed by atoms with Gasteiger partial charge < -0.3 is 19.3 Å². The highest BCUT2D eigenvalue weighted by Crippen LogP contribution is 2.25. The first-order chi connectivity index (χ1) is 13.3. The Morgan fingerprint density at radius 3 is 2.21 bits per heavy atom. The van der Waals surface area contributed by atoms with E-state index in [1.54, 1.807) is 23.1 Å². The maximum Gasteiger partial charge on any atom is 0.410 e. The van der Waals surface area contributed by atoms with E-state index in [-0.39, 0.29) is 12.0 Å². The smallest absolute Gasteiger partial charge is 0.410 e. The van der Waals surface area contributed by atoms with Gasteiger partial charge in [-0.15, -0.1) is 0 Å². The van der Waals surface area contributed by atoms with E-state index in [1.165, 1.54) is 0 Å². The minimum Gasteiger partial charge on any atom is -0.497 e. The molecule has 2 aromatic rings. The van der Waals surface area contributed by atoms with Crippen LogP contribution in [0.4, 0.5) is 4.79 Å². The first-order valence-corrected chi connectivity index (χ1v) is 9.23. The van der Waals surface area contributed by atoms with E-state index < -0.39 is 5.60 Å². The zero-order chi connectivity index (χ0) is 20.3. The third kappa shape index (κ3) is 4.44. The quantitative estimate of drug-likeness (QED) is 0.876. The second kappa shape index (κ2) is 7.92. The molecule has 1 fully saturated rings. The number of piperazine rings is 1. The predicted molar refractivity (Wildman–Crippen MR) is 104 cm³/mol. The zero-order valence-corrected chi connectivity index (χ0v) is 16.7. The van der Waals surface area contributed by atoms with E-state index in [9.17, 15) is 9.59 Å². The van der Waals surface area contributed by atoms with Crippen molar-refractivity contribution in [1.29, 1.82) is 0 Å². The highest BCUT2D eigenvalue weighted by Gasteiger charge is 2.29. The van der Waals surface area contributed by atoms with Crippen molar-refractivity contribution in [2.75, 3.05) is 33.3 Å². The third-order valence-electron chi connectivity index (χ3n) is 4.47. The molecule has 1 aliphatic rings. The number of nitrogens with one attached hydrogen (secondary N) is 1. The summed E-state index contributed by atoms with van der Waals surface area (Å²) in [6, 6.07) is 7.43. The van der Waals surface area contributed by atoms with Crippen molar-refractivity contribution in [2.45, 2.75) is 26.4 Å². The Bertz CT molecular complexity index is 831. The maximum atomic E-state index is 13.0. The van der Waals surface area contributed by atoms with Crippen molar-refractivity contribution in [3.63, 3.8) is 0 Å². The number of rotatable bonds is 3. The summed E-state index contributed by atoms with van der Waals surface area (Å²) in [5.41, 5.74) is 1.50. The fourth-order valence-electron chi connectivity index (χ4n) is 3.01. The zero-order valence-electron chi connectivity index (χ0n) is 16.7. The number of carbonyl (C=O) groups excluding carboxylic acids is 2. The number of benzene rings is 1. The average molecular weight is 386 g/mol. The molecule has 0 aliphatic carbocycles. The van der Waals surface area contributed by atoms with Crippen LogP contribution in [0.1, 0.15) is 31.1 Å². The van der Waals surface area contributed by atoms with Crippen LogP contribution in [0.15, 0.2) is 30.5 Å². The van der Waals surface area contributed by atoms with E-state index in [0.29, 0.717) is 37.4 Å². The van der Waals surface area contributed by atoms with Gasteiger partial charge in [0.15, 0.2) is 0 Å². The fraction of sp³-hybridized carbons (Fsp3) is 0.450. The number of hydrogen-bond donors (Lipinski definition) is 1. The van der Waals surface area contributed by atoms with Crippen LogP contribution in [-0.2, 0) is 4.74 Å². The number of aromatic amines is 1. The van der Waals surface area contributed by atoms with E-state index >= 15 is 0 Å². The first kappa shape index (κ1) is 19.7. The molecule has 0 spiro atoms. The lowest BCUT2D eigenvalue weighted by Crippen LogP contribution is -2.51. The highest BCUT2D eigenvalue weighted by molar-refractivity contribution is 5.99. The van der Waals surface area contributed by atoms with Crippen LogP contribution in [0.5, 0.6) is 5.75 Å². The van der Waals surface area contributed by atoms with Gasteiger partial charge in [0.05, 0.1) is 24.6 Å². The number of ether oxygens (including phenoxy) is 2. The highest BCUT2D eigenvalue weighted by atomic mass is 16.6. The Morgan fingerprint density at radius 1 is 1.04 bits per heavy atom. The molecule has 1 aromatic heterocycles. The molecule has 2 amide bonds. The molecule has 0 unspecified atom stereocenters. The molecule has 1 aromatic carbocycles. The summed E-state index contributed by atoms with van der Waals surface area (Å²) in [5.74, 6) is 0.637. The van der Waals surface area contributed by atoms with Crippen LogP contribution in [-0.4, -0.2) is 70.9 Å². The van der Waals surface area contributed by atoms with Crippen LogP contribution in [0.2, 0.25) is 0 Å². The number of H-pyrrole nitrogens is 1. The van der Waals surface area contributed by atoms with Gasteiger partial charge in [0.25, 0.3) is 5.91 Å². The second-order valence-corrected chi connectivity index (χ2v) is 7.65. The molecule has 1 N–H and O–H groups in total. The van der Waals surface area contributed by atoms with Crippen LogP contribution in [0.3, 0.4) is 0 Å². The molecule has 0 bridgehead atoms. The number of amides is 2. The first-order valence-electron chi connectivity index (χ1n) is 9.23. The Kier molecular flexibility index (Phi) is 5.58. The minimum absolute atomic E-state index is 0.108. The molecule has 1 aliphatic heterocycles. The summed E-state index contributed by atoms with van der Waals surface area (Å²) in [6.07, 6.45) is 1.20. The summed E-state index contributed by atoms with van der Waals surface area (Å²) in [5, 5.41) is 6.96. The maximum absolute atomic E-state index is 13.0. The van der Waals surface area contributed by atoms with Gasteiger partial charge in [-0.1, -0.05) is 0 Å². The number of nitrogens with zero attached hydrogens (tertiary/aromatic N) is 3. The SMILES string of the molecule is COc1ccc(-c2[nH]ncc2C(=O)N2CCN(C(=O)OC(C)(C)C)CC2)cc1. The van der Waals surface area contributed by atoms with E-state index in [2.05, 4.69) is 10.2 Å². The van der Waals surface area contributed by atoms with Gasteiger partial charge in [0, 0.05) is 31.7 Å².